The van der Waals surface area contributed by atoms with Gasteiger partial charge in [-0.3, -0.25) is 4.79 Å². The Morgan fingerprint density at radius 3 is 2.12 bits per heavy atom. The van der Waals surface area contributed by atoms with Gasteiger partial charge in [0, 0.05) is 6.07 Å². The van der Waals surface area contributed by atoms with E-state index < -0.39 is 0 Å². The average molecular weight is 439 g/mol. The molecule has 4 rings (SSSR count). The summed E-state index contributed by atoms with van der Waals surface area (Å²) in [5.41, 5.74) is 4.79. The zero-order valence-corrected chi connectivity index (χ0v) is 18.7. The third kappa shape index (κ3) is 5.77. The number of nitrogens with one attached hydrogen (secondary N) is 1. The predicted molar refractivity (Wildman–Crippen MR) is 130 cm³/mol. The number of carbonyl (C=O) groups excluding carboxylic acids is 1. The van der Waals surface area contributed by atoms with E-state index in [4.69, 9.17) is 9.47 Å². The van der Waals surface area contributed by atoms with Crippen LogP contribution >= 0.6 is 0 Å². The van der Waals surface area contributed by atoms with Gasteiger partial charge in [0.1, 0.15) is 5.75 Å². The molecule has 4 aromatic rings. The van der Waals surface area contributed by atoms with Gasteiger partial charge in [-0.25, -0.2) is 4.98 Å². The molecule has 0 radical (unpaired) electrons. The van der Waals surface area contributed by atoms with Crippen LogP contribution in [0.15, 0.2) is 97.2 Å². The molecule has 166 valence electrons. The number of amides is 1. The number of benzene rings is 3. The van der Waals surface area contributed by atoms with Crippen LogP contribution in [-0.2, 0) is 4.79 Å². The van der Waals surface area contributed by atoms with Crippen molar-refractivity contribution in [3.63, 3.8) is 0 Å². The summed E-state index contributed by atoms with van der Waals surface area (Å²) in [5, 5.41) is 2.81. The fraction of sp³-hybridized carbons (Fsp3) is 0.143. The second-order valence-corrected chi connectivity index (χ2v) is 7.74. The standard InChI is InChI=1S/C28H26N2O3/c1-20-10-9-15-25(21(20)2)32-19-26(31)30-24-16-17-27(29-18-24)33-28(22-11-5-3-6-12-22)23-13-7-4-8-14-23/h3-18,28H,19H2,1-2H3,(H,30,31). The predicted octanol–water partition coefficient (Wildman–Crippen LogP) is 5.88. The van der Waals surface area contributed by atoms with Gasteiger partial charge in [-0.1, -0.05) is 72.8 Å². The highest BCUT2D eigenvalue weighted by Gasteiger charge is 2.16. The lowest BCUT2D eigenvalue weighted by atomic mass is 10.0. The summed E-state index contributed by atoms with van der Waals surface area (Å²) in [6, 6.07) is 29.3. The topological polar surface area (TPSA) is 60.5 Å². The van der Waals surface area contributed by atoms with Crippen LogP contribution in [-0.4, -0.2) is 17.5 Å². The maximum atomic E-state index is 12.3. The molecule has 0 saturated carbocycles. The van der Waals surface area contributed by atoms with Gasteiger partial charge in [0.2, 0.25) is 5.88 Å². The Hall–Kier alpha value is -4.12. The van der Waals surface area contributed by atoms with Crippen molar-refractivity contribution in [1.82, 2.24) is 4.98 Å². The second kappa shape index (κ2) is 10.5. The lowest BCUT2D eigenvalue weighted by Gasteiger charge is -2.19. The molecular weight excluding hydrogens is 412 g/mol. The van der Waals surface area contributed by atoms with Gasteiger partial charge < -0.3 is 14.8 Å². The van der Waals surface area contributed by atoms with E-state index in [9.17, 15) is 4.79 Å². The smallest absolute Gasteiger partial charge is 0.262 e. The van der Waals surface area contributed by atoms with E-state index in [-0.39, 0.29) is 18.6 Å². The third-order valence-corrected chi connectivity index (χ3v) is 5.38. The molecule has 0 aliphatic rings. The molecule has 0 unspecified atom stereocenters. The number of hydrogen-bond donors (Lipinski definition) is 1. The Bertz CT molecular complexity index is 1150. The van der Waals surface area contributed by atoms with Gasteiger partial charge in [0.05, 0.1) is 11.9 Å². The summed E-state index contributed by atoms with van der Waals surface area (Å²) in [4.78, 5) is 16.7. The van der Waals surface area contributed by atoms with Crippen molar-refractivity contribution < 1.29 is 14.3 Å². The van der Waals surface area contributed by atoms with Gasteiger partial charge >= 0.3 is 0 Å². The lowest BCUT2D eigenvalue weighted by molar-refractivity contribution is -0.118. The summed E-state index contributed by atoms with van der Waals surface area (Å²) >= 11 is 0. The fourth-order valence-corrected chi connectivity index (χ4v) is 3.45. The highest BCUT2D eigenvalue weighted by molar-refractivity contribution is 5.91. The fourth-order valence-electron chi connectivity index (χ4n) is 3.45. The molecular formula is C28H26N2O3. The first-order valence-electron chi connectivity index (χ1n) is 10.8. The quantitative estimate of drug-likeness (QED) is 0.373. The minimum Gasteiger partial charge on any atom is -0.483 e. The van der Waals surface area contributed by atoms with Crippen molar-refractivity contribution in [2.75, 3.05) is 11.9 Å². The van der Waals surface area contributed by atoms with Crippen LogP contribution in [0.4, 0.5) is 5.69 Å². The Balaban J connectivity index is 1.40. The number of nitrogens with zero attached hydrogens (tertiary/aromatic N) is 1. The van der Waals surface area contributed by atoms with Gasteiger partial charge in [0.25, 0.3) is 5.91 Å². The van der Waals surface area contributed by atoms with E-state index in [0.717, 1.165) is 22.3 Å². The van der Waals surface area contributed by atoms with Gasteiger partial charge in [0.15, 0.2) is 12.7 Å². The number of aryl methyl sites for hydroxylation is 1. The van der Waals surface area contributed by atoms with Crippen molar-refractivity contribution in [3.8, 4) is 11.6 Å². The van der Waals surface area contributed by atoms with Crippen LogP contribution in [0, 0.1) is 13.8 Å². The molecule has 5 heteroatoms. The van der Waals surface area contributed by atoms with E-state index in [1.54, 1.807) is 18.3 Å². The number of aromatic nitrogens is 1. The summed E-state index contributed by atoms with van der Waals surface area (Å²) in [5.74, 6) is 0.926. The van der Waals surface area contributed by atoms with E-state index in [0.29, 0.717) is 17.3 Å². The lowest BCUT2D eigenvalue weighted by Crippen LogP contribution is -2.20. The third-order valence-electron chi connectivity index (χ3n) is 5.38. The SMILES string of the molecule is Cc1cccc(OCC(=O)Nc2ccc(OC(c3ccccc3)c3ccccc3)nc2)c1C. The molecule has 0 atom stereocenters. The van der Waals surface area contributed by atoms with E-state index in [1.807, 2.05) is 92.7 Å². The molecule has 1 amide bonds. The van der Waals surface area contributed by atoms with Crippen LogP contribution in [0.3, 0.4) is 0 Å². The molecule has 0 saturated heterocycles. The van der Waals surface area contributed by atoms with E-state index in [1.165, 1.54) is 0 Å². The van der Waals surface area contributed by atoms with Crippen LogP contribution in [0.25, 0.3) is 0 Å². The summed E-state index contributed by atoms with van der Waals surface area (Å²) in [6.07, 6.45) is 1.30. The van der Waals surface area contributed by atoms with Gasteiger partial charge in [-0.15, -0.1) is 0 Å². The molecule has 0 aliphatic carbocycles. The Morgan fingerprint density at radius 2 is 1.52 bits per heavy atom. The molecule has 0 aliphatic heterocycles. The van der Waals surface area contributed by atoms with Crippen molar-refractivity contribution in [1.29, 1.82) is 0 Å². The van der Waals surface area contributed by atoms with Crippen molar-refractivity contribution in [2.24, 2.45) is 0 Å². The number of anilines is 1. The first kappa shape index (κ1) is 22.1. The van der Waals surface area contributed by atoms with E-state index in [2.05, 4.69) is 10.3 Å². The number of ether oxygens (including phenoxy) is 2. The molecule has 5 nitrogen and oxygen atoms in total. The molecule has 1 N–H and O–H groups in total. The zero-order chi connectivity index (χ0) is 23.0. The minimum atomic E-state index is -0.286. The molecule has 0 fully saturated rings. The molecule has 3 aromatic carbocycles. The number of carbonyl (C=O) groups is 1. The van der Waals surface area contributed by atoms with Crippen molar-refractivity contribution >= 4 is 11.6 Å². The largest absolute Gasteiger partial charge is 0.483 e. The molecule has 1 aromatic heterocycles. The van der Waals surface area contributed by atoms with E-state index >= 15 is 0 Å². The summed E-state index contributed by atoms with van der Waals surface area (Å²) < 4.78 is 11.9. The Morgan fingerprint density at radius 1 is 0.848 bits per heavy atom. The second-order valence-electron chi connectivity index (χ2n) is 7.74. The van der Waals surface area contributed by atoms with Crippen LogP contribution in [0.2, 0.25) is 0 Å². The zero-order valence-electron chi connectivity index (χ0n) is 18.7. The number of rotatable bonds is 8. The van der Waals surface area contributed by atoms with Crippen LogP contribution in [0.5, 0.6) is 11.6 Å². The Kier molecular flexibility index (Phi) is 7.00. The van der Waals surface area contributed by atoms with Crippen molar-refractivity contribution in [3.05, 3.63) is 119 Å². The number of pyridine rings is 1. The maximum Gasteiger partial charge on any atom is 0.262 e. The monoisotopic (exact) mass is 438 g/mol. The maximum absolute atomic E-state index is 12.3. The normalized spacial score (nSPS) is 10.6. The number of hydrogen-bond acceptors (Lipinski definition) is 4. The molecule has 33 heavy (non-hydrogen) atoms. The summed E-state index contributed by atoms with van der Waals surface area (Å²) in [7, 11) is 0. The van der Waals surface area contributed by atoms with Crippen LogP contribution in [0.1, 0.15) is 28.4 Å². The van der Waals surface area contributed by atoms with Gasteiger partial charge in [-0.05, 0) is 48.2 Å². The minimum absolute atomic E-state index is 0.0768. The Labute approximate surface area is 194 Å². The highest BCUT2D eigenvalue weighted by Crippen LogP contribution is 2.28. The summed E-state index contributed by atoms with van der Waals surface area (Å²) in [6.45, 7) is 3.91. The average Bonchev–Trinajstić information content (AvgIpc) is 2.85. The highest BCUT2D eigenvalue weighted by atomic mass is 16.5. The van der Waals surface area contributed by atoms with Crippen LogP contribution < -0.4 is 14.8 Å². The molecule has 0 spiro atoms. The molecule has 1 heterocycles. The first-order valence-corrected chi connectivity index (χ1v) is 10.8. The molecule has 0 bridgehead atoms. The van der Waals surface area contributed by atoms with Crippen molar-refractivity contribution in [2.45, 2.75) is 20.0 Å². The van der Waals surface area contributed by atoms with Gasteiger partial charge in [-0.2, -0.15) is 0 Å². The first-order chi connectivity index (χ1) is 16.1.